The Hall–Kier alpha value is -0.960. The number of rotatable bonds is 1. The maximum Gasteiger partial charge on any atom is 0.158 e. The number of amidine groups is 1. The average Bonchev–Trinajstić information content (AvgIpc) is 2.13. The zero-order valence-electron chi connectivity index (χ0n) is 8.16. The molecule has 1 aromatic carbocycles. The first-order chi connectivity index (χ1) is 6.15. The number of benzene rings is 1. The van der Waals surface area contributed by atoms with E-state index in [1.165, 1.54) is 22.9 Å². The molecule has 2 nitrogen and oxygen atoms in total. The van der Waals surface area contributed by atoms with Crippen molar-refractivity contribution in [3.8, 4) is 0 Å². The van der Waals surface area contributed by atoms with Crippen molar-refractivity contribution < 1.29 is 0 Å². The minimum Gasteiger partial charge on any atom is -0.378 e. The fraction of sp³-hybridized carbons (Fsp3) is 0.300. The van der Waals surface area contributed by atoms with Crippen molar-refractivity contribution in [2.24, 2.45) is 10.7 Å². The molecule has 70 valence electrons. The summed E-state index contributed by atoms with van der Waals surface area (Å²) in [5, 5.41) is 0.605. The average molecular weight is 194 g/mol. The van der Waals surface area contributed by atoms with Gasteiger partial charge in [-0.05, 0) is 37.3 Å². The number of aliphatic imine (C=N–C) groups is 1. The van der Waals surface area contributed by atoms with Gasteiger partial charge in [-0.2, -0.15) is 0 Å². The van der Waals surface area contributed by atoms with Crippen LogP contribution in [-0.2, 0) is 0 Å². The molecule has 0 radical (unpaired) electrons. The van der Waals surface area contributed by atoms with Crippen molar-refractivity contribution in [3.05, 3.63) is 29.3 Å². The number of hydrogen-bond acceptors (Lipinski definition) is 2. The van der Waals surface area contributed by atoms with Gasteiger partial charge in [0, 0.05) is 0 Å². The first kappa shape index (κ1) is 10.1. The van der Waals surface area contributed by atoms with Gasteiger partial charge >= 0.3 is 0 Å². The van der Waals surface area contributed by atoms with Crippen molar-refractivity contribution in [3.63, 3.8) is 0 Å². The largest absolute Gasteiger partial charge is 0.378 e. The predicted octanol–water partition coefficient (Wildman–Crippen LogP) is 2.61. The van der Waals surface area contributed by atoms with Gasteiger partial charge in [0.25, 0.3) is 0 Å². The van der Waals surface area contributed by atoms with E-state index in [4.69, 9.17) is 5.73 Å². The summed E-state index contributed by atoms with van der Waals surface area (Å²) in [6.45, 7) is 4.13. The van der Waals surface area contributed by atoms with E-state index in [-0.39, 0.29) is 0 Å². The molecule has 0 amide bonds. The number of nitrogens with zero attached hydrogens (tertiary/aromatic N) is 1. The quantitative estimate of drug-likeness (QED) is 0.551. The summed E-state index contributed by atoms with van der Waals surface area (Å²) in [5.74, 6) is 0. The molecule has 1 aromatic rings. The highest BCUT2D eigenvalue weighted by atomic mass is 32.2. The molecule has 0 atom stereocenters. The highest BCUT2D eigenvalue weighted by molar-refractivity contribution is 8.13. The van der Waals surface area contributed by atoms with Gasteiger partial charge in [0.1, 0.15) is 0 Å². The maximum atomic E-state index is 5.64. The van der Waals surface area contributed by atoms with Gasteiger partial charge in [-0.25, -0.2) is 4.99 Å². The van der Waals surface area contributed by atoms with Crippen LogP contribution in [0.2, 0.25) is 0 Å². The van der Waals surface area contributed by atoms with Crippen LogP contribution in [0, 0.1) is 13.8 Å². The highest BCUT2D eigenvalue weighted by Crippen LogP contribution is 2.21. The number of nitrogens with two attached hydrogens (primary N) is 1. The van der Waals surface area contributed by atoms with Gasteiger partial charge < -0.3 is 5.73 Å². The lowest BCUT2D eigenvalue weighted by molar-refractivity contribution is 1.31. The van der Waals surface area contributed by atoms with Gasteiger partial charge in [-0.1, -0.05) is 23.9 Å². The number of aryl methyl sites for hydroxylation is 1. The Balaban J connectivity index is 3.09. The third kappa shape index (κ3) is 2.49. The van der Waals surface area contributed by atoms with Crippen LogP contribution in [0.4, 0.5) is 5.69 Å². The maximum absolute atomic E-state index is 5.64. The van der Waals surface area contributed by atoms with E-state index >= 15 is 0 Å². The van der Waals surface area contributed by atoms with Gasteiger partial charge in [-0.3, -0.25) is 0 Å². The molecule has 3 heteroatoms. The zero-order valence-corrected chi connectivity index (χ0v) is 8.98. The molecular formula is C10H14N2S. The normalized spacial score (nSPS) is 11.8. The first-order valence-electron chi connectivity index (χ1n) is 4.09. The van der Waals surface area contributed by atoms with E-state index in [1.54, 1.807) is 0 Å². The molecule has 2 N–H and O–H groups in total. The molecule has 0 aromatic heterocycles. The number of thioether (sulfide) groups is 1. The Morgan fingerprint density at radius 3 is 2.69 bits per heavy atom. The van der Waals surface area contributed by atoms with Crippen LogP contribution >= 0.6 is 11.8 Å². The molecule has 0 saturated carbocycles. The van der Waals surface area contributed by atoms with Gasteiger partial charge in [0.05, 0.1) is 5.69 Å². The van der Waals surface area contributed by atoms with Gasteiger partial charge in [0.2, 0.25) is 0 Å². The molecule has 0 fully saturated rings. The summed E-state index contributed by atoms with van der Waals surface area (Å²) in [6.07, 6.45) is 1.92. The fourth-order valence-corrected chi connectivity index (χ4v) is 1.21. The molecule has 0 spiro atoms. The van der Waals surface area contributed by atoms with Crippen LogP contribution < -0.4 is 5.73 Å². The van der Waals surface area contributed by atoms with Crippen molar-refractivity contribution in [2.75, 3.05) is 6.26 Å². The summed E-state index contributed by atoms with van der Waals surface area (Å²) in [5.41, 5.74) is 9.04. The molecule has 0 aliphatic carbocycles. The van der Waals surface area contributed by atoms with Crippen molar-refractivity contribution in [1.29, 1.82) is 0 Å². The Labute approximate surface area is 83.2 Å². The Morgan fingerprint density at radius 1 is 1.38 bits per heavy atom. The van der Waals surface area contributed by atoms with Crippen LogP contribution in [0.25, 0.3) is 0 Å². The topological polar surface area (TPSA) is 38.4 Å². The highest BCUT2D eigenvalue weighted by Gasteiger charge is 1.98. The predicted molar refractivity (Wildman–Crippen MR) is 60.7 cm³/mol. The molecule has 0 heterocycles. The van der Waals surface area contributed by atoms with Gasteiger partial charge in [0.15, 0.2) is 5.17 Å². The Bertz CT molecular complexity index is 332. The summed E-state index contributed by atoms with van der Waals surface area (Å²) in [6, 6.07) is 6.05. The Morgan fingerprint density at radius 2 is 2.08 bits per heavy atom. The lowest BCUT2D eigenvalue weighted by Crippen LogP contribution is -2.04. The van der Waals surface area contributed by atoms with Crippen molar-refractivity contribution in [2.45, 2.75) is 13.8 Å². The van der Waals surface area contributed by atoms with Crippen molar-refractivity contribution in [1.82, 2.24) is 0 Å². The first-order valence-corrected chi connectivity index (χ1v) is 5.32. The summed E-state index contributed by atoms with van der Waals surface area (Å²) >= 11 is 1.46. The second kappa shape index (κ2) is 4.33. The lowest BCUT2D eigenvalue weighted by Gasteiger charge is -2.03. The molecule has 0 unspecified atom stereocenters. The molecule has 0 bridgehead atoms. The smallest absolute Gasteiger partial charge is 0.158 e. The second-order valence-corrected chi connectivity index (χ2v) is 3.70. The molecule has 13 heavy (non-hydrogen) atoms. The van der Waals surface area contributed by atoms with Crippen LogP contribution in [-0.4, -0.2) is 11.4 Å². The number of hydrogen-bond donors (Lipinski definition) is 1. The molecular weight excluding hydrogens is 180 g/mol. The lowest BCUT2D eigenvalue weighted by atomic mass is 10.1. The van der Waals surface area contributed by atoms with Crippen LogP contribution in [0.1, 0.15) is 11.1 Å². The summed E-state index contributed by atoms with van der Waals surface area (Å²) in [4.78, 5) is 4.30. The van der Waals surface area contributed by atoms with E-state index in [2.05, 4.69) is 24.9 Å². The molecule has 0 aliphatic heterocycles. The van der Waals surface area contributed by atoms with Crippen LogP contribution in [0.3, 0.4) is 0 Å². The van der Waals surface area contributed by atoms with E-state index in [0.29, 0.717) is 5.17 Å². The second-order valence-electron chi connectivity index (χ2n) is 2.87. The molecule has 0 saturated heterocycles. The summed E-state index contributed by atoms with van der Waals surface area (Å²) in [7, 11) is 0. The molecule has 1 rings (SSSR count). The monoisotopic (exact) mass is 194 g/mol. The SMILES string of the molecule is CSC(N)=Nc1cccc(C)c1C. The Kier molecular flexibility index (Phi) is 3.37. The fourth-order valence-electron chi connectivity index (χ4n) is 1.02. The summed E-state index contributed by atoms with van der Waals surface area (Å²) < 4.78 is 0. The van der Waals surface area contributed by atoms with Crippen LogP contribution in [0.5, 0.6) is 0 Å². The van der Waals surface area contributed by atoms with E-state index < -0.39 is 0 Å². The van der Waals surface area contributed by atoms with Gasteiger partial charge in [-0.15, -0.1) is 0 Å². The minimum atomic E-state index is 0.605. The zero-order chi connectivity index (χ0) is 9.84. The molecule has 0 aliphatic rings. The minimum absolute atomic E-state index is 0.605. The van der Waals surface area contributed by atoms with E-state index in [1.807, 2.05) is 18.4 Å². The van der Waals surface area contributed by atoms with E-state index in [0.717, 1.165) is 5.69 Å². The van der Waals surface area contributed by atoms with Crippen molar-refractivity contribution >= 4 is 22.6 Å². The standard InChI is InChI=1S/C10H14N2S/c1-7-5-4-6-9(8(7)2)12-10(11)13-3/h4-6H,1-3H3,(H2,11,12). The third-order valence-corrected chi connectivity index (χ3v) is 2.53. The van der Waals surface area contributed by atoms with E-state index in [9.17, 15) is 0 Å². The van der Waals surface area contributed by atoms with Crippen LogP contribution in [0.15, 0.2) is 23.2 Å². The third-order valence-electron chi connectivity index (χ3n) is 2.02.